The Labute approximate surface area is 156 Å². The van der Waals surface area contributed by atoms with Crippen molar-refractivity contribution in [3.05, 3.63) is 35.6 Å². The zero-order valence-corrected chi connectivity index (χ0v) is 15.9. The number of carbonyl (C=O) groups is 2. The summed E-state index contributed by atoms with van der Waals surface area (Å²) in [6.45, 7) is 5.14. The van der Waals surface area contributed by atoms with Gasteiger partial charge in [0, 0.05) is 11.8 Å². The molecule has 27 heavy (non-hydrogen) atoms. The van der Waals surface area contributed by atoms with Crippen molar-refractivity contribution in [3.8, 4) is 0 Å². The van der Waals surface area contributed by atoms with Gasteiger partial charge in [-0.2, -0.15) is 4.72 Å². The largest absolute Gasteiger partial charge is 0.360 e. The molecule has 0 spiro atoms. The number of anilines is 2. The molecule has 0 saturated carbocycles. The molecule has 1 aromatic carbocycles. The molecular weight excluding hydrogens is 372 g/mol. The second-order valence-electron chi connectivity index (χ2n) is 6.70. The maximum Gasteiger partial charge on any atom is 0.244 e. The van der Waals surface area contributed by atoms with Gasteiger partial charge in [-0.1, -0.05) is 19.0 Å². The first kappa shape index (κ1) is 19.1. The summed E-state index contributed by atoms with van der Waals surface area (Å²) in [5.41, 5.74) is 1.20. The second kappa shape index (κ2) is 7.12. The summed E-state index contributed by atoms with van der Waals surface area (Å²) in [5, 5.41) is 8.86. The predicted octanol–water partition coefficient (Wildman–Crippen LogP) is 1.42. The van der Waals surface area contributed by atoms with E-state index in [0.717, 1.165) is 0 Å². The predicted molar refractivity (Wildman–Crippen MR) is 97.6 cm³/mol. The number of nitrogens with zero attached hydrogens (tertiary/aromatic N) is 1. The average molecular weight is 392 g/mol. The molecule has 1 aliphatic rings. The standard InChI is InChI=1S/C17H20N4O5S/c1-9(2)16(17(23)19-14-6-10(3)26-20-14)21-27(24,25)12-4-5-13-11(7-12)8-15(22)18-13/h4-7,9,16,21H,8H2,1-3H3,(H,18,22)(H,19,20,23)/t16-/m0/s1. The number of aryl methyl sites for hydroxylation is 1. The molecule has 1 aliphatic heterocycles. The van der Waals surface area contributed by atoms with Gasteiger partial charge in [0.1, 0.15) is 11.8 Å². The minimum absolute atomic E-state index is 0.00604. The first-order valence-electron chi connectivity index (χ1n) is 8.35. The van der Waals surface area contributed by atoms with E-state index in [4.69, 9.17) is 4.52 Å². The molecule has 2 amide bonds. The van der Waals surface area contributed by atoms with Crippen molar-refractivity contribution in [2.45, 2.75) is 38.1 Å². The Bertz CT molecular complexity index is 997. The summed E-state index contributed by atoms with van der Waals surface area (Å²) < 4.78 is 32.8. The van der Waals surface area contributed by atoms with Crippen molar-refractivity contribution < 1.29 is 22.5 Å². The first-order valence-corrected chi connectivity index (χ1v) is 9.83. The summed E-state index contributed by atoms with van der Waals surface area (Å²) in [7, 11) is -3.97. The van der Waals surface area contributed by atoms with E-state index in [0.29, 0.717) is 17.0 Å². The number of nitrogens with one attached hydrogen (secondary N) is 3. The van der Waals surface area contributed by atoms with Gasteiger partial charge in [0.05, 0.1) is 11.3 Å². The highest BCUT2D eigenvalue weighted by molar-refractivity contribution is 7.89. The number of carbonyl (C=O) groups excluding carboxylic acids is 2. The second-order valence-corrected chi connectivity index (χ2v) is 8.41. The van der Waals surface area contributed by atoms with Crippen LogP contribution in [0.2, 0.25) is 0 Å². The molecular formula is C17H20N4O5S. The van der Waals surface area contributed by atoms with Crippen LogP contribution >= 0.6 is 0 Å². The van der Waals surface area contributed by atoms with Crippen molar-refractivity contribution in [2.24, 2.45) is 5.92 Å². The van der Waals surface area contributed by atoms with Crippen molar-refractivity contribution in [1.82, 2.24) is 9.88 Å². The Morgan fingerprint density at radius 1 is 1.30 bits per heavy atom. The minimum atomic E-state index is -3.97. The van der Waals surface area contributed by atoms with E-state index in [-0.39, 0.29) is 29.0 Å². The summed E-state index contributed by atoms with van der Waals surface area (Å²) in [5.74, 6) is -0.307. The van der Waals surface area contributed by atoms with Crippen LogP contribution in [0.4, 0.5) is 11.5 Å². The maximum atomic E-state index is 12.8. The molecule has 3 N–H and O–H groups in total. The Hall–Kier alpha value is -2.72. The van der Waals surface area contributed by atoms with Gasteiger partial charge in [0.25, 0.3) is 0 Å². The lowest BCUT2D eigenvalue weighted by molar-refractivity contribution is -0.118. The molecule has 0 saturated heterocycles. The van der Waals surface area contributed by atoms with Crippen LogP contribution in [-0.4, -0.2) is 31.4 Å². The molecule has 3 rings (SSSR count). The van der Waals surface area contributed by atoms with Crippen LogP contribution < -0.4 is 15.4 Å². The third-order valence-corrected chi connectivity index (χ3v) is 5.56. The van der Waals surface area contributed by atoms with E-state index in [9.17, 15) is 18.0 Å². The Morgan fingerprint density at radius 3 is 2.67 bits per heavy atom. The fraction of sp³-hybridized carbons (Fsp3) is 0.353. The molecule has 144 valence electrons. The van der Waals surface area contributed by atoms with Crippen molar-refractivity contribution >= 4 is 33.3 Å². The number of amides is 2. The molecule has 0 unspecified atom stereocenters. The molecule has 10 heteroatoms. The maximum absolute atomic E-state index is 12.8. The van der Waals surface area contributed by atoms with Crippen LogP contribution in [0.15, 0.2) is 33.7 Å². The van der Waals surface area contributed by atoms with Gasteiger partial charge in [-0.25, -0.2) is 8.42 Å². The third-order valence-electron chi connectivity index (χ3n) is 4.12. The van der Waals surface area contributed by atoms with Gasteiger partial charge < -0.3 is 15.2 Å². The first-order chi connectivity index (χ1) is 12.7. The van der Waals surface area contributed by atoms with Gasteiger partial charge in [-0.05, 0) is 36.6 Å². The van der Waals surface area contributed by atoms with Crippen LogP contribution in [0.1, 0.15) is 25.2 Å². The minimum Gasteiger partial charge on any atom is -0.360 e. The van der Waals surface area contributed by atoms with E-state index in [2.05, 4.69) is 20.5 Å². The van der Waals surface area contributed by atoms with Crippen LogP contribution in [0.3, 0.4) is 0 Å². The van der Waals surface area contributed by atoms with Crippen LogP contribution in [-0.2, 0) is 26.0 Å². The summed E-state index contributed by atoms with van der Waals surface area (Å²) in [6.07, 6.45) is 0.123. The highest BCUT2D eigenvalue weighted by atomic mass is 32.2. The van der Waals surface area contributed by atoms with Gasteiger partial charge >= 0.3 is 0 Å². The SMILES string of the molecule is Cc1cc(NC(=O)[C@@H](NS(=O)(=O)c2ccc3c(c2)CC(=O)N3)C(C)C)no1. The molecule has 0 aliphatic carbocycles. The van der Waals surface area contributed by atoms with Crippen LogP contribution in [0.25, 0.3) is 0 Å². The number of benzene rings is 1. The average Bonchev–Trinajstić information content (AvgIpc) is 3.15. The molecule has 0 bridgehead atoms. The van der Waals surface area contributed by atoms with E-state index in [1.54, 1.807) is 20.8 Å². The zero-order valence-electron chi connectivity index (χ0n) is 15.1. The summed E-state index contributed by atoms with van der Waals surface area (Å²) >= 11 is 0. The van der Waals surface area contributed by atoms with E-state index in [1.807, 2.05) is 0 Å². The Kier molecular flexibility index (Phi) is 5.03. The lowest BCUT2D eigenvalue weighted by Crippen LogP contribution is -2.47. The number of hydrogen-bond donors (Lipinski definition) is 3. The van der Waals surface area contributed by atoms with Crippen LogP contribution in [0.5, 0.6) is 0 Å². The Balaban J connectivity index is 1.80. The van der Waals surface area contributed by atoms with Crippen molar-refractivity contribution in [3.63, 3.8) is 0 Å². The van der Waals surface area contributed by atoms with Crippen LogP contribution in [0, 0.1) is 12.8 Å². The molecule has 2 heterocycles. The number of sulfonamides is 1. The zero-order chi connectivity index (χ0) is 19.8. The third kappa shape index (κ3) is 4.17. The highest BCUT2D eigenvalue weighted by Crippen LogP contribution is 2.26. The van der Waals surface area contributed by atoms with Gasteiger partial charge in [0.2, 0.25) is 21.8 Å². The number of fused-ring (bicyclic) bond motifs is 1. The quantitative estimate of drug-likeness (QED) is 0.681. The van der Waals surface area contributed by atoms with Gasteiger partial charge in [0.15, 0.2) is 5.82 Å². The van der Waals surface area contributed by atoms with Gasteiger partial charge in [-0.15, -0.1) is 0 Å². The summed E-state index contributed by atoms with van der Waals surface area (Å²) in [4.78, 5) is 24.0. The lowest BCUT2D eigenvalue weighted by atomic mass is 10.1. The molecule has 0 fully saturated rings. The molecule has 1 atom stereocenters. The van der Waals surface area contributed by atoms with Crippen molar-refractivity contribution in [1.29, 1.82) is 0 Å². The number of hydrogen-bond acceptors (Lipinski definition) is 6. The number of aromatic nitrogens is 1. The molecule has 1 aromatic heterocycles. The molecule has 2 aromatic rings. The van der Waals surface area contributed by atoms with E-state index >= 15 is 0 Å². The monoisotopic (exact) mass is 392 g/mol. The smallest absolute Gasteiger partial charge is 0.244 e. The number of rotatable bonds is 6. The fourth-order valence-electron chi connectivity index (χ4n) is 2.73. The topological polar surface area (TPSA) is 130 Å². The Morgan fingerprint density at radius 2 is 2.04 bits per heavy atom. The van der Waals surface area contributed by atoms with Crippen molar-refractivity contribution in [2.75, 3.05) is 10.6 Å². The molecule has 0 radical (unpaired) electrons. The normalized spacial score (nSPS) is 14.7. The summed E-state index contributed by atoms with van der Waals surface area (Å²) in [6, 6.07) is 4.89. The van der Waals surface area contributed by atoms with E-state index in [1.165, 1.54) is 24.3 Å². The van der Waals surface area contributed by atoms with Gasteiger partial charge in [-0.3, -0.25) is 9.59 Å². The fourth-order valence-corrected chi connectivity index (χ4v) is 4.12. The van der Waals surface area contributed by atoms with E-state index < -0.39 is 22.0 Å². The molecule has 9 nitrogen and oxygen atoms in total. The highest BCUT2D eigenvalue weighted by Gasteiger charge is 2.30. The lowest BCUT2D eigenvalue weighted by Gasteiger charge is -2.21.